The highest BCUT2D eigenvalue weighted by molar-refractivity contribution is 5.91. The van der Waals surface area contributed by atoms with Crippen LogP contribution in [0.5, 0.6) is 0 Å². The number of benzene rings is 2. The minimum Gasteiger partial charge on any atom is -0.348 e. The number of amides is 2. The first-order valence-electron chi connectivity index (χ1n) is 8.56. The van der Waals surface area contributed by atoms with Crippen LogP contribution in [0.3, 0.4) is 0 Å². The van der Waals surface area contributed by atoms with Gasteiger partial charge >= 0.3 is 0 Å². The lowest BCUT2D eigenvalue weighted by Gasteiger charge is -2.14. The van der Waals surface area contributed by atoms with Gasteiger partial charge in [0.15, 0.2) is 0 Å². The zero-order chi connectivity index (χ0) is 18.4. The highest BCUT2D eigenvalue weighted by atomic mass is 16.2. The van der Waals surface area contributed by atoms with E-state index in [1.54, 1.807) is 12.4 Å². The Morgan fingerprint density at radius 3 is 2.50 bits per heavy atom. The Morgan fingerprint density at radius 2 is 1.69 bits per heavy atom. The van der Waals surface area contributed by atoms with E-state index in [4.69, 9.17) is 0 Å². The maximum absolute atomic E-state index is 12.2. The van der Waals surface area contributed by atoms with Gasteiger partial charge in [0.2, 0.25) is 11.8 Å². The van der Waals surface area contributed by atoms with Gasteiger partial charge in [-0.1, -0.05) is 42.5 Å². The predicted molar refractivity (Wildman–Crippen MR) is 101 cm³/mol. The summed E-state index contributed by atoms with van der Waals surface area (Å²) in [6, 6.07) is 17.4. The van der Waals surface area contributed by atoms with E-state index in [9.17, 15) is 9.59 Å². The molecule has 5 nitrogen and oxygen atoms in total. The summed E-state index contributed by atoms with van der Waals surface area (Å²) < 4.78 is 0. The Kier molecular flexibility index (Phi) is 5.59. The molecule has 26 heavy (non-hydrogen) atoms. The average molecular weight is 347 g/mol. The van der Waals surface area contributed by atoms with Crippen molar-refractivity contribution in [3.63, 3.8) is 0 Å². The third kappa shape index (κ3) is 4.45. The Balaban J connectivity index is 1.53. The maximum Gasteiger partial charge on any atom is 0.239 e. The average Bonchev–Trinajstić information content (AvgIpc) is 2.67. The smallest absolute Gasteiger partial charge is 0.239 e. The Morgan fingerprint density at radius 1 is 0.962 bits per heavy atom. The van der Waals surface area contributed by atoms with E-state index in [1.807, 2.05) is 61.5 Å². The van der Waals surface area contributed by atoms with E-state index < -0.39 is 0 Å². The van der Waals surface area contributed by atoms with Crippen molar-refractivity contribution in [3.8, 4) is 0 Å². The first kappa shape index (κ1) is 17.6. The summed E-state index contributed by atoms with van der Waals surface area (Å²) in [6.45, 7) is 1.85. The van der Waals surface area contributed by atoms with Gasteiger partial charge in [0.05, 0.1) is 19.0 Å². The van der Waals surface area contributed by atoms with Crippen LogP contribution in [-0.4, -0.2) is 23.3 Å². The minimum atomic E-state index is -0.222. The zero-order valence-corrected chi connectivity index (χ0v) is 14.6. The molecule has 0 saturated heterocycles. The molecule has 0 bridgehead atoms. The van der Waals surface area contributed by atoms with Crippen LogP contribution in [-0.2, 0) is 16.0 Å². The summed E-state index contributed by atoms with van der Waals surface area (Å²) in [5.74, 6) is -0.395. The summed E-state index contributed by atoms with van der Waals surface area (Å²) in [4.78, 5) is 28.2. The number of carbonyl (C=O) groups is 2. The lowest BCUT2D eigenvalue weighted by Crippen LogP contribution is -2.38. The van der Waals surface area contributed by atoms with Crippen molar-refractivity contribution in [3.05, 3.63) is 78.1 Å². The summed E-state index contributed by atoms with van der Waals surface area (Å²) in [6.07, 6.45) is 3.61. The molecule has 0 radical (unpaired) electrons. The first-order chi connectivity index (χ1) is 12.6. The molecule has 132 valence electrons. The van der Waals surface area contributed by atoms with Crippen molar-refractivity contribution in [2.75, 3.05) is 6.54 Å². The fourth-order valence-corrected chi connectivity index (χ4v) is 2.89. The standard InChI is InChI=1S/C21H21N3O2/c1-15(16-9-11-22-12-10-16)24-21(26)14-23-20(25)13-18-7-4-6-17-5-2-3-8-19(17)18/h2-12,15H,13-14H2,1H3,(H,23,25)(H,24,26). The number of carbonyl (C=O) groups excluding carboxylic acids is 2. The second kappa shape index (κ2) is 8.25. The Hall–Kier alpha value is -3.21. The summed E-state index contributed by atoms with van der Waals surface area (Å²) >= 11 is 0. The van der Waals surface area contributed by atoms with Crippen molar-refractivity contribution in [1.82, 2.24) is 15.6 Å². The summed E-state index contributed by atoms with van der Waals surface area (Å²) in [7, 11) is 0. The van der Waals surface area contributed by atoms with E-state index in [1.165, 1.54) is 0 Å². The number of fused-ring (bicyclic) bond motifs is 1. The van der Waals surface area contributed by atoms with Gasteiger partial charge < -0.3 is 10.6 Å². The monoisotopic (exact) mass is 347 g/mol. The topological polar surface area (TPSA) is 71.1 Å². The molecule has 0 aliphatic rings. The highest BCUT2D eigenvalue weighted by Gasteiger charge is 2.11. The number of hydrogen-bond acceptors (Lipinski definition) is 3. The molecule has 3 rings (SSSR count). The molecule has 0 aliphatic carbocycles. The van der Waals surface area contributed by atoms with Gasteiger partial charge in [0.25, 0.3) is 0 Å². The summed E-state index contributed by atoms with van der Waals surface area (Å²) in [5, 5.41) is 7.71. The molecule has 5 heteroatoms. The van der Waals surface area contributed by atoms with Gasteiger partial charge in [-0.15, -0.1) is 0 Å². The van der Waals surface area contributed by atoms with Gasteiger partial charge in [0, 0.05) is 12.4 Å². The largest absolute Gasteiger partial charge is 0.348 e. The third-order valence-corrected chi connectivity index (χ3v) is 4.26. The highest BCUT2D eigenvalue weighted by Crippen LogP contribution is 2.18. The van der Waals surface area contributed by atoms with Crippen LogP contribution in [0.4, 0.5) is 0 Å². The van der Waals surface area contributed by atoms with E-state index >= 15 is 0 Å². The predicted octanol–water partition coefficient (Wildman–Crippen LogP) is 2.77. The molecular formula is C21H21N3O2. The van der Waals surface area contributed by atoms with Crippen LogP contribution in [0.2, 0.25) is 0 Å². The Labute approximate surface area is 152 Å². The second-order valence-electron chi connectivity index (χ2n) is 6.16. The fourth-order valence-electron chi connectivity index (χ4n) is 2.89. The second-order valence-corrected chi connectivity index (χ2v) is 6.16. The van der Waals surface area contributed by atoms with Crippen LogP contribution in [0.15, 0.2) is 67.0 Å². The first-order valence-corrected chi connectivity index (χ1v) is 8.56. The molecule has 1 unspecified atom stereocenters. The van der Waals surface area contributed by atoms with Crippen LogP contribution in [0.1, 0.15) is 24.1 Å². The van der Waals surface area contributed by atoms with E-state index in [0.29, 0.717) is 0 Å². The molecule has 0 aliphatic heterocycles. The van der Waals surface area contributed by atoms with Crippen molar-refractivity contribution in [2.24, 2.45) is 0 Å². The lowest BCUT2D eigenvalue weighted by molar-refractivity contribution is -0.126. The molecule has 2 amide bonds. The third-order valence-electron chi connectivity index (χ3n) is 4.26. The number of rotatable bonds is 6. The van der Waals surface area contributed by atoms with Crippen molar-refractivity contribution in [2.45, 2.75) is 19.4 Å². The number of aromatic nitrogens is 1. The molecule has 0 saturated carbocycles. The fraction of sp³-hybridized carbons (Fsp3) is 0.190. The number of hydrogen-bond donors (Lipinski definition) is 2. The molecule has 3 aromatic rings. The molecule has 1 aromatic heterocycles. The van der Waals surface area contributed by atoms with Gasteiger partial charge in [0.1, 0.15) is 0 Å². The van der Waals surface area contributed by atoms with Gasteiger partial charge in [-0.25, -0.2) is 0 Å². The van der Waals surface area contributed by atoms with E-state index in [-0.39, 0.29) is 30.8 Å². The van der Waals surface area contributed by atoms with Gasteiger partial charge in [-0.3, -0.25) is 14.6 Å². The van der Waals surface area contributed by atoms with Crippen LogP contribution in [0.25, 0.3) is 10.8 Å². The quantitative estimate of drug-likeness (QED) is 0.720. The minimum absolute atomic E-state index is 0.0426. The molecule has 2 aromatic carbocycles. The molecule has 0 spiro atoms. The Bertz CT molecular complexity index is 904. The van der Waals surface area contributed by atoms with Crippen molar-refractivity contribution >= 4 is 22.6 Å². The number of nitrogens with zero attached hydrogens (tertiary/aromatic N) is 1. The normalized spacial score (nSPS) is 11.7. The summed E-state index contributed by atoms with van der Waals surface area (Å²) in [5.41, 5.74) is 1.92. The maximum atomic E-state index is 12.2. The zero-order valence-electron chi connectivity index (χ0n) is 14.6. The number of pyridine rings is 1. The molecular weight excluding hydrogens is 326 g/mol. The van der Waals surface area contributed by atoms with Gasteiger partial charge in [-0.2, -0.15) is 0 Å². The van der Waals surface area contributed by atoms with E-state index in [0.717, 1.165) is 21.9 Å². The SMILES string of the molecule is CC(NC(=O)CNC(=O)Cc1cccc2ccccc12)c1ccncc1. The molecule has 2 N–H and O–H groups in total. The molecule has 1 heterocycles. The van der Waals surface area contributed by atoms with Crippen LogP contribution < -0.4 is 10.6 Å². The van der Waals surface area contributed by atoms with Crippen molar-refractivity contribution < 1.29 is 9.59 Å². The van der Waals surface area contributed by atoms with Gasteiger partial charge in [-0.05, 0) is 41.0 Å². The number of nitrogens with one attached hydrogen (secondary N) is 2. The molecule has 0 fully saturated rings. The van der Waals surface area contributed by atoms with Crippen molar-refractivity contribution in [1.29, 1.82) is 0 Å². The molecule has 1 atom stereocenters. The lowest BCUT2D eigenvalue weighted by atomic mass is 10.0. The van der Waals surface area contributed by atoms with Crippen LogP contribution in [0, 0.1) is 0 Å². The van der Waals surface area contributed by atoms with Crippen LogP contribution >= 0.6 is 0 Å². The van der Waals surface area contributed by atoms with E-state index in [2.05, 4.69) is 15.6 Å².